The summed E-state index contributed by atoms with van der Waals surface area (Å²) in [6.07, 6.45) is 2.25. The third kappa shape index (κ3) is 6.59. The maximum atomic E-state index is 10.5. The van der Waals surface area contributed by atoms with Crippen LogP contribution in [-0.4, -0.2) is 34.1 Å². The van der Waals surface area contributed by atoms with Gasteiger partial charge in [0.2, 0.25) is 0 Å². The van der Waals surface area contributed by atoms with Gasteiger partial charge in [-0.2, -0.15) is 0 Å². The molecule has 0 atom stereocenters. The summed E-state index contributed by atoms with van der Waals surface area (Å²) in [5.41, 5.74) is 0. The van der Waals surface area contributed by atoms with Gasteiger partial charge in [0.25, 0.3) is 0 Å². The summed E-state index contributed by atoms with van der Waals surface area (Å²) in [7, 11) is 0. The summed E-state index contributed by atoms with van der Waals surface area (Å²) in [6.45, 7) is 6.88. The summed E-state index contributed by atoms with van der Waals surface area (Å²) < 4.78 is 0. The Balaban J connectivity index is 2.51. The van der Waals surface area contributed by atoms with Gasteiger partial charge in [-0.25, -0.2) is 9.97 Å². The van der Waals surface area contributed by atoms with E-state index in [0.29, 0.717) is 17.6 Å². The van der Waals surface area contributed by atoms with E-state index in [9.17, 15) is 4.79 Å². The molecule has 106 valence electrons. The summed E-state index contributed by atoms with van der Waals surface area (Å²) >= 11 is 0. The van der Waals surface area contributed by atoms with Crippen LogP contribution < -0.4 is 10.6 Å². The average Bonchev–Trinajstić information content (AvgIpc) is 2.31. The molecule has 0 saturated heterocycles. The van der Waals surface area contributed by atoms with Crippen LogP contribution in [0.1, 0.15) is 32.5 Å². The molecule has 0 saturated carbocycles. The maximum Gasteiger partial charge on any atom is 0.322 e. The number of carboxylic acids is 1. The Kier molecular flexibility index (Phi) is 6.05. The highest BCUT2D eigenvalue weighted by molar-refractivity contribution is 5.72. The molecule has 1 aromatic rings. The van der Waals surface area contributed by atoms with E-state index in [0.717, 1.165) is 18.8 Å². The van der Waals surface area contributed by atoms with E-state index in [1.165, 1.54) is 6.42 Å². The van der Waals surface area contributed by atoms with Gasteiger partial charge in [-0.15, -0.1) is 0 Å². The minimum atomic E-state index is -0.914. The molecular formula is C13H22N4O2. The smallest absolute Gasteiger partial charge is 0.322 e. The van der Waals surface area contributed by atoms with Crippen LogP contribution in [0.4, 0.5) is 11.6 Å². The van der Waals surface area contributed by atoms with Crippen LogP contribution in [0.25, 0.3) is 0 Å². The van der Waals surface area contributed by atoms with Crippen molar-refractivity contribution in [2.45, 2.75) is 33.6 Å². The molecule has 0 aromatic carbocycles. The standard InChI is InChI=1S/C13H22N4O2/c1-9(2)5-4-6-14-11-7-12(15-8-13(18)19)17-10(3)16-11/h7,9H,4-6,8H2,1-3H3,(H,18,19)(H2,14,15,16,17). The number of hydrogen-bond acceptors (Lipinski definition) is 5. The lowest BCUT2D eigenvalue weighted by atomic mass is 10.1. The van der Waals surface area contributed by atoms with E-state index in [-0.39, 0.29) is 6.54 Å². The summed E-state index contributed by atoms with van der Waals surface area (Å²) in [6, 6.07) is 1.73. The number of aliphatic carboxylic acids is 1. The highest BCUT2D eigenvalue weighted by atomic mass is 16.4. The van der Waals surface area contributed by atoms with Crippen LogP contribution in [0, 0.1) is 12.8 Å². The largest absolute Gasteiger partial charge is 0.480 e. The second kappa shape index (κ2) is 7.56. The Bertz CT molecular complexity index is 421. The van der Waals surface area contributed by atoms with Gasteiger partial charge in [0.1, 0.15) is 24.0 Å². The van der Waals surface area contributed by atoms with Gasteiger partial charge in [0.15, 0.2) is 0 Å². The van der Waals surface area contributed by atoms with Crippen LogP contribution in [0.15, 0.2) is 6.07 Å². The highest BCUT2D eigenvalue weighted by Gasteiger charge is 2.03. The van der Waals surface area contributed by atoms with Crippen LogP contribution >= 0.6 is 0 Å². The van der Waals surface area contributed by atoms with E-state index in [2.05, 4.69) is 34.4 Å². The van der Waals surface area contributed by atoms with Gasteiger partial charge in [-0.1, -0.05) is 13.8 Å². The van der Waals surface area contributed by atoms with Crippen molar-refractivity contribution in [3.63, 3.8) is 0 Å². The van der Waals surface area contributed by atoms with Crippen molar-refractivity contribution in [2.24, 2.45) is 5.92 Å². The molecule has 0 aliphatic heterocycles. The molecule has 1 rings (SSSR count). The highest BCUT2D eigenvalue weighted by Crippen LogP contribution is 2.11. The van der Waals surface area contributed by atoms with E-state index in [1.807, 2.05) is 0 Å². The number of aryl methyl sites for hydroxylation is 1. The van der Waals surface area contributed by atoms with Crippen molar-refractivity contribution in [1.82, 2.24) is 9.97 Å². The summed E-state index contributed by atoms with van der Waals surface area (Å²) in [4.78, 5) is 18.9. The first-order chi connectivity index (χ1) is 8.97. The molecule has 6 nitrogen and oxygen atoms in total. The molecule has 0 fully saturated rings. The molecule has 0 bridgehead atoms. The van der Waals surface area contributed by atoms with Crippen molar-refractivity contribution < 1.29 is 9.90 Å². The number of anilines is 2. The number of nitrogens with zero attached hydrogens (tertiary/aromatic N) is 2. The fourth-order valence-corrected chi connectivity index (χ4v) is 1.64. The molecular weight excluding hydrogens is 244 g/mol. The molecule has 0 amide bonds. The Morgan fingerprint density at radius 1 is 1.32 bits per heavy atom. The number of carboxylic acid groups (broad SMARTS) is 1. The Morgan fingerprint density at radius 3 is 2.53 bits per heavy atom. The first-order valence-electron chi connectivity index (χ1n) is 6.52. The third-order valence-corrected chi connectivity index (χ3v) is 2.52. The quantitative estimate of drug-likeness (QED) is 0.625. The van der Waals surface area contributed by atoms with Crippen molar-refractivity contribution >= 4 is 17.6 Å². The fraction of sp³-hybridized carbons (Fsp3) is 0.615. The lowest BCUT2D eigenvalue weighted by Crippen LogP contribution is -2.14. The van der Waals surface area contributed by atoms with E-state index in [4.69, 9.17) is 5.11 Å². The Hall–Kier alpha value is -1.85. The predicted octanol–water partition coefficient (Wildman–Crippen LogP) is 2.13. The van der Waals surface area contributed by atoms with Gasteiger partial charge in [-0.3, -0.25) is 4.79 Å². The van der Waals surface area contributed by atoms with Crippen LogP contribution in [-0.2, 0) is 4.79 Å². The van der Waals surface area contributed by atoms with Crippen molar-refractivity contribution in [3.05, 3.63) is 11.9 Å². The monoisotopic (exact) mass is 266 g/mol. The number of rotatable bonds is 8. The minimum Gasteiger partial charge on any atom is -0.480 e. The summed E-state index contributed by atoms with van der Waals surface area (Å²) in [5.74, 6) is 1.65. The zero-order chi connectivity index (χ0) is 14.3. The van der Waals surface area contributed by atoms with Crippen molar-refractivity contribution in [3.8, 4) is 0 Å². The van der Waals surface area contributed by atoms with Gasteiger partial charge >= 0.3 is 5.97 Å². The molecule has 0 radical (unpaired) electrons. The second-order valence-corrected chi connectivity index (χ2v) is 4.90. The summed E-state index contributed by atoms with van der Waals surface area (Å²) in [5, 5.41) is 14.6. The number of aromatic nitrogens is 2. The number of hydrogen-bond donors (Lipinski definition) is 3. The van der Waals surface area contributed by atoms with Gasteiger partial charge in [0, 0.05) is 12.6 Å². The maximum absolute atomic E-state index is 10.5. The molecule has 0 aliphatic carbocycles. The van der Waals surface area contributed by atoms with Crippen LogP contribution in [0.5, 0.6) is 0 Å². The SMILES string of the molecule is Cc1nc(NCCCC(C)C)cc(NCC(=O)O)n1. The molecule has 1 aromatic heterocycles. The predicted molar refractivity (Wildman–Crippen MR) is 75.5 cm³/mol. The molecule has 0 aliphatic rings. The number of carbonyl (C=O) groups is 1. The normalized spacial score (nSPS) is 10.5. The zero-order valence-corrected chi connectivity index (χ0v) is 11.7. The fourth-order valence-electron chi connectivity index (χ4n) is 1.64. The Labute approximate surface area is 113 Å². The molecule has 0 spiro atoms. The van der Waals surface area contributed by atoms with Gasteiger partial charge in [-0.05, 0) is 25.7 Å². The molecule has 0 unspecified atom stereocenters. The molecule has 1 heterocycles. The average molecular weight is 266 g/mol. The van der Waals surface area contributed by atoms with Crippen molar-refractivity contribution in [2.75, 3.05) is 23.7 Å². The van der Waals surface area contributed by atoms with Gasteiger partial charge in [0.05, 0.1) is 0 Å². The first-order valence-corrected chi connectivity index (χ1v) is 6.52. The Morgan fingerprint density at radius 2 is 1.95 bits per heavy atom. The van der Waals surface area contributed by atoms with E-state index < -0.39 is 5.97 Å². The molecule has 6 heteroatoms. The van der Waals surface area contributed by atoms with Gasteiger partial charge < -0.3 is 15.7 Å². The molecule has 3 N–H and O–H groups in total. The molecule has 19 heavy (non-hydrogen) atoms. The van der Waals surface area contributed by atoms with Crippen molar-refractivity contribution in [1.29, 1.82) is 0 Å². The lowest BCUT2D eigenvalue weighted by molar-refractivity contribution is -0.134. The second-order valence-electron chi connectivity index (χ2n) is 4.90. The lowest BCUT2D eigenvalue weighted by Gasteiger charge is -2.10. The van der Waals surface area contributed by atoms with E-state index in [1.54, 1.807) is 13.0 Å². The number of nitrogens with one attached hydrogen (secondary N) is 2. The topological polar surface area (TPSA) is 87.1 Å². The van der Waals surface area contributed by atoms with Crippen LogP contribution in [0.3, 0.4) is 0 Å². The third-order valence-electron chi connectivity index (χ3n) is 2.52. The first kappa shape index (κ1) is 15.2. The van der Waals surface area contributed by atoms with E-state index >= 15 is 0 Å². The van der Waals surface area contributed by atoms with Crippen LogP contribution in [0.2, 0.25) is 0 Å². The minimum absolute atomic E-state index is 0.150. The zero-order valence-electron chi connectivity index (χ0n) is 11.7.